The van der Waals surface area contributed by atoms with Crippen molar-refractivity contribution in [2.75, 3.05) is 0 Å². The third kappa shape index (κ3) is 6.98. The molecule has 0 amide bonds. The van der Waals surface area contributed by atoms with Crippen molar-refractivity contribution in [1.82, 2.24) is 23.7 Å². The Hall–Kier alpha value is -11.3. The molecule has 0 saturated heterocycles. The van der Waals surface area contributed by atoms with Crippen LogP contribution in [0.2, 0.25) is 0 Å². The molecule has 83 heavy (non-hydrogen) atoms. The largest absolute Gasteiger partial charge is 0.456 e. The standard InChI is InChI=1S/C76H45N5O2/c1-5-17-46(18-6-1)64-45-65(47-19-7-2-8-20-47)78-76(77-64)81-68-34-30-49(37-56(68)59-42-69-58(41-71(59)81)54-25-13-15-27-66(54)79(69)52-21-9-3-10-22-52)51-32-36-74-62(40-51)61-39-50(31-35-73(61)82-74)48-29-33-67-57(38-48)60-44-75-63(55-26-14-16-28-72(55)83-75)43-70(60)80(67)53-23-11-4-12-24-53/h1-45H. The first-order chi connectivity index (χ1) is 41.1. The molecule has 0 atom stereocenters. The van der Waals surface area contributed by atoms with Crippen molar-refractivity contribution in [2.45, 2.75) is 0 Å². The van der Waals surface area contributed by atoms with Crippen molar-refractivity contribution in [3.8, 4) is 62.1 Å². The molecule has 7 nitrogen and oxygen atoms in total. The van der Waals surface area contributed by atoms with Gasteiger partial charge in [-0.1, -0.05) is 158 Å². The molecule has 12 aromatic carbocycles. The van der Waals surface area contributed by atoms with Crippen LogP contribution in [0.3, 0.4) is 0 Å². The lowest BCUT2D eigenvalue weighted by atomic mass is 9.98. The van der Waals surface area contributed by atoms with Crippen LogP contribution in [0.1, 0.15) is 0 Å². The smallest absolute Gasteiger partial charge is 0.235 e. The molecule has 0 spiro atoms. The summed E-state index contributed by atoms with van der Waals surface area (Å²) < 4.78 is 20.1. The van der Waals surface area contributed by atoms with Gasteiger partial charge in [0.1, 0.15) is 22.3 Å². The van der Waals surface area contributed by atoms with Crippen LogP contribution in [0.4, 0.5) is 0 Å². The summed E-state index contributed by atoms with van der Waals surface area (Å²) in [6, 6.07) is 97.4. The van der Waals surface area contributed by atoms with Crippen LogP contribution in [-0.2, 0) is 0 Å². The van der Waals surface area contributed by atoms with E-state index < -0.39 is 0 Å². The summed E-state index contributed by atoms with van der Waals surface area (Å²) in [6.45, 7) is 0. The summed E-state index contributed by atoms with van der Waals surface area (Å²) in [4.78, 5) is 10.9. The molecule has 18 aromatic rings. The van der Waals surface area contributed by atoms with E-state index in [1.807, 2.05) is 24.3 Å². The molecule has 0 bridgehead atoms. The Bertz CT molecular complexity index is 5610. The number of rotatable bonds is 7. The van der Waals surface area contributed by atoms with Crippen LogP contribution in [0, 0.1) is 0 Å². The molecule has 0 aliphatic rings. The first kappa shape index (κ1) is 45.6. The van der Waals surface area contributed by atoms with Gasteiger partial charge in [-0.15, -0.1) is 0 Å². The highest BCUT2D eigenvalue weighted by molar-refractivity contribution is 6.21. The minimum atomic E-state index is 0.607. The SMILES string of the molecule is c1ccc(-c2cc(-c3ccccc3)nc(-n3c4ccc(-c5ccc6oc7ccc(-c8ccc9c(c8)c8cc%10oc%11ccccc%11c%10cc8n9-c8ccccc8)cc7c6c5)cc4c4cc5c(cc43)c3ccccc3n5-c3ccccc3)n2)cc1. The van der Waals surface area contributed by atoms with Crippen LogP contribution in [0.25, 0.3) is 171 Å². The highest BCUT2D eigenvalue weighted by atomic mass is 16.3. The van der Waals surface area contributed by atoms with Crippen LogP contribution in [-0.4, -0.2) is 23.7 Å². The summed E-state index contributed by atoms with van der Waals surface area (Å²) in [6.07, 6.45) is 0. The van der Waals surface area contributed by atoms with Crippen LogP contribution >= 0.6 is 0 Å². The number of fused-ring (bicyclic) bond motifs is 15. The van der Waals surface area contributed by atoms with Gasteiger partial charge in [0.2, 0.25) is 5.95 Å². The topological polar surface area (TPSA) is 66.8 Å². The third-order valence-electron chi connectivity index (χ3n) is 17.0. The minimum absolute atomic E-state index is 0.607. The first-order valence-electron chi connectivity index (χ1n) is 28.1. The maximum absolute atomic E-state index is 6.62. The zero-order valence-corrected chi connectivity index (χ0v) is 44.5. The summed E-state index contributed by atoms with van der Waals surface area (Å²) in [7, 11) is 0. The van der Waals surface area contributed by atoms with Crippen molar-refractivity contribution >= 4 is 109 Å². The number of hydrogen-bond donors (Lipinski definition) is 0. The fourth-order valence-corrected chi connectivity index (χ4v) is 13.2. The molecule has 0 aliphatic carbocycles. The van der Waals surface area contributed by atoms with Crippen LogP contribution < -0.4 is 0 Å². The lowest BCUT2D eigenvalue weighted by Crippen LogP contribution is -2.04. The van der Waals surface area contributed by atoms with Gasteiger partial charge in [0.25, 0.3) is 0 Å². The highest BCUT2D eigenvalue weighted by Crippen LogP contribution is 2.44. The maximum Gasteiger partial charge on any atom is 0.235 e. The number of para-hydroxylation sites is 4. The Labute approximate surface area is 474 Å². The molecule has 7 heteroatoms. The van der Waals surface area contributed by atoms with Crippen molar-refractivity contribution in [2.24, 2.45) is 0 Å². The van der Waals surface area contributed by atoms with E-state index >= 15 is 0 Å². The zero-order chi connectivity index (χ0) is 54.3. The molecule has 0 aliphatic heterocycles. The van der Waals surface area contributed by atoms with E-state index in [0.717, 1.165) is 160 Å². The lowest BCUT2D eigenvalue weighted by Gasteiger charge is -2.12. The summed E-state index contributed by atoms with van der Waals surface area (Å²) in [5.41, 5.74) is 20.5. The zero-order valence-electron chi connectivity index (χ0n) is 44.5. The van der Waals surface area contributed by atoms with E-state index in [2.05, 4.69) is 262 Å². The Balaban J connectivity index is 0.821. The van der Waals surface area contributed by atoms with Gasteiger partial charge in [-0.05, 0) is 138 Å². The summed E-state index contributed by atoms with van der Waals surface area (Å²) >= 11 is 0. The van der Waals surface area contributed by atoms with Crippen molar-refractivity contribution in [3.63, 3.8) is 0 Å². The van der Waals surface area contributed by atoms with Crippen LogP contribution in [0.15, 0.2) is 282 Å². The molecular weight excluding hydrogens is 1010 g/mol. The van der Waals surface area contributed by atoms with Gasteiger partial charge >= 0.3 is 0 Å². The Kier molecular flexibility index (Phi) is 9.67. The second kappa shape index (κ2) is 17.6. The Morgan fingerprint density at radius 2 is 0.590 bits per heavy atom. The predicted octanol–water partition coefficient (Wildman–Crippen LogP) is 20.2. The second-order valence-corrected chi connectivity index (χ2v) is 21.7. The predicted molar refractivity (Wildman–Crippen MR) is 341 cm³/mol. The van der Waals surface area contributed by atoms with Crippen LogP contribution in [0.5, 0.6) is 0 Å². The van der Waals surface area contributed by atoms with Gasteiger partial charge in [-0.25, -0.2) is 9.97 Å². The quantitative estimate of drug-likeness (QED) is 0.159. The molecule has 386 valence electrons. The van der Waals surface area contributed by atoms with Gasteiger partial charge in [-0.2, -0.15) is 0 Å². The molecule has 18 rings (SSSR count). The van der Waals surface area contributed by atoms with Crippen molar-refractivity contribution in [1.29, 1.82) is 0 Å². The molecule has 0 fully saturated rings. The molecule has 0 N–H and O–H groups in total. The van der Waals surface area contributed by atoms with Gasteiger partial charge in [0.15, 0.2) is 0 Å². The Morgan fingerprint density at radius 3 is 1.17 bits per heavy atom. The number of aromatic nitrogens is 5. The number of hydrogen-bond acceptors (Lipinski definition) is 4. The summed E-state index contributed by atoms with van der Waals surface area (Å²) in [5, 5.41) is 11.2. The number of furan rings is 2. The van der Waals surface area contributed by atoms with E-state index in [-0.39, 0.29) is 0 Å². The average Bonchev–Trinajstić information content (AvgIpc) is 4.20. The molecule has 6 aromatic heterocycles. The minimum Gasteiger partial charge on any atom is -0.456 e. The third-order valence-corrected chi connectivity index (χ3v) is 17.0. The summed E-state index contributed by atoms with van der Waals surface area (Å²) in [5.74, 6) is 0.607. The fourth-order valence-electron chi connectivity index (χ4n) is 13.2. The van der Waals surface area contributed by atoms with E-state index in [9.17, 15) is 0 Å². The maximum atomic E-state index is 6.62. The van der Waals surface area contributed by atoms with E-state index in [1.54, 1.807) is 0 Å². The van der Waals surface area contributed by atoms with Gasteiger partial charge in [0.05, 0.1) is 44.5 Å². The molecule has 0 radical (unpaired) electrons. The van der Waals surface area contributed by atoms with Gasteiger partial charge in [0, 0.05) is 76.4 Å². The van der Waals surface area contributed by atoms with Gasteiger partial charge < -0.3 is 18.0 Å². The highest BCUT2D eigenvalue weighted by Gasteiger charge is 2.23. The Morgan fingerprint density at radius 1 is 0.217 bits per heavy atom. The normalized spacial score (nSPS) is 12.1. The monoisotopic (exact) mass is 1060 g/mol. The number of benzene rings is 12. The molecular formula is C76H45N5O2. The molecule has 0 unspecified atom stereocenters. The second-order valence-electron chi connectivity index (χ2n) is 21.7. The van der Waals surface area contributed by atoms with E-state index in [0.29, 0.717) is 5.95 Å². The first-order valence-corrected chi connectivity index (χ1v) is 28.1. The lowest BCUT2D eigenvalue weighted by molar-refractivity contribution is 0.669. The number of nitrogens with zero attached hydrogens (tertiary/aromatic N) is 5. The molecule has 6 heterocycles. The van der Waals surface area contributed by atoms with E-state index in [4.69, 9.17) is 18.8 Å². The van der Waals surface area contributed by atoms with Gasteiger partial charge in [-0.3, -0.25) is 4.57 Å². The molecule has 0 saturated carbocycles. The van der Waals surface area contributed by atoms with E-state index in [1.165, 1.54) is 5.39 Å². The van der Waals surface area contributed by atoms with Crippen molar-refractivity contribution in [3.05, 3.63) is 273 Å². The average molecular weight is 1060 g/mol. The fraction of sp³-hybridized carbons (Fsp3) is 0. The van der Waals surface area contributed by atoms with Crippen molar-refractivity contribution < 1.29 is 8.83 Å².